The quantitative estimate of drug-likeness (QED) is 0.783. The van der Waals surface area contributed by atoms with Gasteiger partial charge in [0.2, 0.25) is 0 Å². The molecule has 0 saturated heterocycles. The van der Waals surface area contributed by atoms with Crippen LogP contribution in [0.5, 0.6) is 0 Å². The molecule has 1 heterocycles. The van der Waals surface area contributed by atoms with Crippen LogP contribution in [0.4, 0.5) is 13.2 Å². The molecule has 0 unspecified atom stereocenters. The zero-order valence-corrected chi connectivity index (χ0v) is 8.82. The fourth-order valence-electron chi connectivity index (χ4n) is 1.00. The lowest BCUT2D eigenvalue weighted by atomic mass is 9.99. The fraction of sp³-hybridized carbons (Fsp3) is 0.571. The van der Waals surface area contributed by atoms with Crippen LogP contribution >= 0.6 is 23.6 Å². The van der Waals surface area contributed by atoms with Crippen molar-refractivity contribution in [1.29, 1.82) is 0 Å². The van der Waals surface area contributed by atoms with Gasteiger partial charge in [-0.25, -0.2) is 0 Å². The van der Waals surface area contributed by atoms with E-state index in [1.165, 1.54) is 6.92 Å². The zero-order valence-electron chi connectivity index (χ0n) is 7.18. The summed E-state index contributed by atoms with van der Waals surface area (Å²) in [6.45, 7) is 1.27. The summed E-state index contributed by atoms with van der Waals surface area (Å²) >= 11 is 5.39. The van der Waals surface area contributed by atoms with E-state index in [1.807, 2.05) is 0 Å². The van der Waals surface area contributed by atoms with Crippen LogP contribution in [-0.4, -0.2) is 16.3 Å². The summed E-state index contributed by atoms with van der Waals surface area (Å²) in [4.78, 5) is 2.26. The van der Waals surface area contributed by atoms with Gasteiger partial charge in [0.15, 0.2) is 9.56 Å². The first-order valence-corrected chi connectivity index (χ1v) is 5.02. The maximum absolute atomic E-state index is 12.5. The molecule has 1 rings (SSSR count). The molecule has 0 spiro atoms. The summed E-state index contributed by atoms with van der Waals surface area (Å²) in [5.74, 6) is 0. The average molecular weight is 243 g/mol. The number of hydrogen-bond donors (Lipinski definition) is 2. The summed E-state index contributed by atoms with van der Waals surface area (Å²) in [5.41, 5.74) is -2.79. The smallest absolute Gasteiger partial charge is 0.376 e. The maximum atomic E-state index is 12.5. The van der Waals surface area contributed by atoms with Gasteiger partial charge in [0.1, 0.15) is 0 Å². The fourth-order valence-corrected chi connectivity index (χ4v) is 2.19. The third-order valence-electron chi connectivity index (χ3n) is 1.91. The molecule has 2 nitrogen and oxygen atoms in total. The van der Waals surface area contributed by atoms with Crippen molar-refractivity contribution in [3.63, 3.8) is 0 Å². The summed E-state index contributed by atoms with van der Waals surface area (Å²) in [7, 11) is 0. The number of rotatable bonds is 2. The van der Waals surface area contributed by atoms with Crippen LogP contribution in [0.1, 0.15) is 18.2 Å². The topological polar surface area (TPSA) is 36.0 Å². The lowest BCUT2D eigenvalue weighted by Crippen LogP contribution is -2.40. The van der Waals surface area contributed by atoms with E-state index in [4.69, 9.17) is 0 Å². The van der Waals surface area contributed by atoms with Gasteiger partial charge in [-0.1, -0.05) is 6.92 Å². The lowest BCUT2D eigenvalue weighted by molar-refractivity contribution is -0.266. The maximum Gasteiger partial charge on any atom is 0.422 e. The molecule has 80 valence electrons. The SMILES string of the molecule is CC[C@](O)(c1c[nH]c(=S)s1)C(F)(F)F. The standard InChI is InChI=1S/C7H8F3NOS2/c1-2-6(12,7(8,9)10)4-3-11-5(13)14-4/h3,12H,2H2,1H3,(H,11,13)/t6-/m0/s1. The number of alkyl halides is 3. The normalized spacial score (nSPS) is 16.6. The van der Waals surface area contributed by atoms with Crippen molar-refractivity contribution in [3.8, 4) is 0 Å². The van der Waals surface area contributed by atoms with E-state index >= 15 is 0 Å². The highest BCUT2D eigenvalue weighted by Gasteiger charge is 2.54. The predicted octanol–water partition coefficient (Wildman–Crippen LogP) is 2.97. The number of aromatic amines is 1. The Balaban J connectivity index is 3.21. The van der Waals surface area contributed by atoms with Crippen LogP contribution < -0.4 is 0 Å². The van der Waals surface area contributed by atoms with Crippen LogP contribution in [0.2, 0.25) is 0 Å². The first-order valence-electron chi connectivity index (χ1n) is 3.79. The number of hydrogen-bond acceptors (Lipinski definition) is 3. The zero-order chi connectivity index (χ0) is 11.0. The summed E-state index contributed by atoms with van der Waals surface area (Å²) in [5, 5.41) is 9.46. The molecule has 0 aromatic carbocycles. The second-order valence-corrected chi connectivity index (χ2v) is 4.47. The molecule has 14 heavy (non-hydrogen) atoms. The minimum Gasteiger partial charge on any atom is -0.376 e. The van der Waals surface area contributed by atoms with Crippen molar-refractivity contribution < 1.29 is 18.3 Å². The molecule has 0 aliphatic rings. The average Bonchev–Trinajstić information content (AvgIpc) is 2.48. The molecule has 7 heteroatoms. The molecule has 0 bridgehead atoms. The number of halogens is 3. The molecule has 1 atom stereocenters. The van der Waals surface area contributed by atoms with E-state index in [9.17, 15) is 18.3 Å². The second-order valence-electron chi connectivity index (χ2n) is 2.75. The number of H-pyrrole nitrogens is 1. The minimum absolute atomic E-state index is 0.197. The van der Waals surface area contributed by atoms with E-state index in [0.717, 1.165) is 17.5 Å². The summed E-state index contributed by atoms with van der Waals surface area (Å²) in [6, 6.07) is 0. The molecule has 0 aliphatic heterocycles. The Kier molecular flexibility index (Phi) is 3.03. The number of aromatic nitrogens is 1. The Labute approximate surface area is 87.4 Å². The highest BCUT2D eigenvalue weighted by molar-refractivity contribution is 7.73. The van der Waals surface area contributed by atoms with Gasteiger partial charge >= 0.3 is 6.18 Å². The van der Waals surface area contributed by atoms with Crippen LogP contribution in [0.25, 0.3) is 0 Å². The third kappa shape index (κ3) is 1.84. The molecule has 0 aliphatic carbocycles. The number of nitrogens with one attached hydrogen (secondary N) is 1. The van der Waals surface area contributed by atoms with E-state index in [-0.39, 0.29) is 8.83 Å². The number of thiazole rings is 1. The van der Waals surface area contributed by atoms with Gasteiger partial charge < -0.3 is 10.1 Å². The first kappa shape index (κ1) is 11.7. The van der Waals surface area contributed by atoms with Gasteiger partial charge in [0.05, 0.1) is 4.88 Å². The van der Waals surface area contributed by atoms with Crippen molar-refractivity contribution in [3.05, 3.63) is 15.0 Å². The van der Waals surface area contributed by atoms with Crippen molar-refractivity contribution in [2.75, 3.05) is 0 Å². The Morgan fingerprint density at radius 2 is 2.14 bits per heavy atom. The highest BCUT2D eigenvalue weighted by Crippen LogP contribution is 2.42. The highest BCUT2D eigenvalue weighted by atomic mass is 32.1. The van der Waals surface area contributed by atoms with Crippen molar-refractivity contribution in [2.45, 2.75) is 25.1 Å². The predicted molar refractivity (Wildman–Crippen MR) is 49.7 cm³/mol. The summed E-state index contributed by atoms with van der Waals surface area (Å²) in [6.07, 6.45) is -4.01. The van der Waals surface area contributed by atoms with E-state index in [2.05, 4.69) is 17.2 Å². The van der Waals surface area contributed by atoms with Gasteiger partial charge in [-0.3, -0.25) is 0 Å². The monoisotopic (exact) mass is 243 g/mol. The largest absolute Gasteiger partial charge is 0.422 e. The summed E-state index contributed by atoms with van der Waals surface area (Å²) < 4.78 is 37.7. The molecule has 1 aromatic rings. The van der Waals surface area contributed by atoms with Crippen LogP contribution in [-0.2, 0) is 5.60 Å². The van der Waals surface area contributed by atoms with Gasteiger partial charge in [-0.15, -0.1) is 11.3 Å². The van der Waals surface area contributed by atoms with Gasteiger partial charge in [-0.2, -0.15) is 13.2 Å². The Morgan fingerprint density at radius 3 is 2.43 bits per heavy atom. The Morgan fingerprint density at radius 1 is 1.57 bits per heavy atom. The van der Waals surface area contributed by atoms with Crippen LogP contribution in [0.3, 0.4) is 0 Å². The van der Waals surface area contributed by atoms with E-state index < -0.39 is 18.2 Å². The van der Waals surface area contributed by atoms with Gasteiger partial charge in [-0.05, 0) is 18.6 Å². The van der Waals surface area contributed by atoms with Gasteiger partial charge in [0.25, 0.3) is 0 Å². The molecule has 0 saturated carbocycles. The van der Waals surface area contributed by atoms with Crippen LogP contribution in [0, 0.1) is 3.95 Å². The molecular formula is C7H8F3NOS2. The lowest BCUT2D eigenvalue weighted by Gasteiger charge is -2.27. The minimum atomic E-state index is -4.68. The molecular weight excluding hydrogens is 235 g/mol. The first-order chi connectivity index (χ1) is 6.31. The van der Waals surface area contributed by atoms with Crippen LogP contribution in [0.15, 0.2) is 6.20 Å². The van der Waals surface area contributed by atoms with E-state index in [0.29, 0.717) is 0 Å². The van der Waals surface area contributed by atoms with Crippen molar-refractivity contribution in [1.82, 2.24) is 4.98 Å². The van der Waals surface area contributed by atoms with E-state index in [1.54, 1.807) is 0 Å². The molecule has 0 amide bonds. The Hall–Kier alpha value is -0.400. The molecule has 0 radical (unpaired) electrons. The Bertz CT molecular complexity index is 370. The number of aliphatic hydroxyl groups is 1. The van der Waals surface area contributed by atoms with Gasteiger partial charge in [0, 0.05) is 6.20 Å². The molecule has 2 N–H and O–H groups in total. The molecule has 0 fully saturated rings. The van der Waals surface area contributed by atoms with Crippen molar-refractivity contribution in [2.24, 2.45) is 0 Å². The third-order valence-corrected chi connectivity index (χ3v) is 3.26. The molecule has 1 aromatic heterocycles. The van der Waals surface area contributed by atoms with Crippen molar-refractivity contribution >= 4 is 23.6 Å². The second kappa shape index (κ2) is 3.63.